The highest BCUT2D eigenvalue weighted by Gasteiger charge is 2.39. The average molecular weight is 461 g/mol. The van der Waals surface area contributed by atoms with Crippen LogP contribution in [-0.4, -0.2) is 37.1 Å². The highest BCUT2D eigenvalue weighted by molar-refractivity contribution is 7.89. The number of hydrogen-bond acceptors (Lipinski definition) is 6. The number of nitrogens with zero attached hydrogens (tertiary/aromatic N) is 3. The van der Waals surface area contributed by atoms with E-state index in [0.717, 1.165) is 14.8 Å². The molecule has 8 nitrogen and oxygen atoms in total. The second kappa shape index (κ2) is 9.09. The first-order valence-corrected chi connectivity index (χ1v) is 11.3. The van der Waals surface area contributed by atoms with Gasteiger partial charge in [-0.25, -0.2) is 23.1 Å². The fourth-order valence-corrected chi connectivity index (χ4v) is 4.72. The summed E-state index contributed by atoms with van der Waals surface area (Å²) < 4.78 is 32.9. The van der Waals surface area contributed by atoms with Gasteiger partial charge in [-0.3, -0.25) is 9.10 Å². The van der Waals surface area contributed by atoms with E-state index in [4.69, 9.17) is 4.74 Å². The van der Waals surface area contributed by atoms with Crippen LogP contribution in [0, 0.1) is 0 Å². The van der Waals surface area contributed by atoms with Gasteiger partial charge in [-0.15, -0.1) is 0 Å². The summed E-state index contributed by atoms with van der Waals surface area (Å²) in [6.07, 6.45) is 4.70. The maximum atomic E-state index is 13.2. The van der Waals surface area contributed by atoms with E-state index in [9.17, 15) is 18.0 Å². The Hall–Kier alpha value is -4.24. The second-order valence-corrected chi connectivity index (χ2v) is 8.89. The number of anilines is 1. The molecule has 166 valence electrons. The zero-order valence-electron chi connectivity index (χ0n) is 17.5. The summed E-state index contributed by atoms with van der Waals surface area (Å²) >= 11 is 0. The normalized spacial score (nSPS) is 14.6. The Kier molecular flexibility index (Phi) is 6.05. The van der Waals surface area contributed by atoms with E-state index in [0.29, 0.717) is 6.41 Å². The standard InChI is InChI=1S/C24H19N3O5S/c1-26-24(27(17-28)21-13-7-8-16-25-21)23(19-11-5-6-12-20(19)33(26,30)31)32-22(29)15-14-18-9-3-2-4-10-18/h2-17H,1H3/b15-14+. The molecular weight excluding hydrogens is 442 g/mol. The van der Waals surface area contributed by atoms with E-state index in [-0.39, 0.29) is 27.9 Å². The molecule has 0 saturated heterocycles. The maximum absolute atomic E-state index is 13.2. The van der Waals surface area contributed by atoms with Crippen molar-refractivity contribution in [1.29, 1.82) is 0 Å². The monoisotopic (exact) mass is 461 g/mol. The summed E-state index contributed by atoms with van der Waals surface area (Å²) in [5.74, 6) is -0.801. The zero-order chi connectivity index (χ0) is 23.4. The maximum Gasteiger partial charge on any atom is 0.336 e. The lowest BCUT2D eigenvalue weighted by Crippen LogP contribution is -2.41. The van der Waals surface area contributed by atoms with Gasteiger partial charge in [0.05, 0.1) is 4.90 Å². The van der Waals surface area contributed by atoms with Crippen molar-refractivity contribution in [3.8, 4) is 0 Å². The highest BCUT2D eigenvalue weighted by Crippen LogP contribution is 2.38. The van der Waals surface area contributed by atoms with Crippen molar-refractivity contribution in [3.63, 3.8) is 0 Å². The van der Waals surface area contributed by atoms with Crippen LogP contribution in [0.3, 0.4) is 0 Å². The van der Waals surface area contributed by atoms with Gasteiger partial charge in [0, 0.05) is 24.9 Å². The summed E-state index contributed by atoms with van der Waals surface area (Å²) in [7, 11) is -2.73. The number of benzene rings is 2. The number of pyridine rings is 1. The number of esters is 1. The van der Waals surface area contributed by atoms with Gasteiger partial charge >= 0.3 is 5.97 Å². The molecule has 2 aromatic carbocycles. The van der Waals surface area contributed by atoms with Crippen LogP contribution in [0.4, 0.5) is 5.82 Å². The van der Waals surface area contributed by atoms with Crippen LogP contribution in [0.2, 0.25) is 0 Å². The van der Waals surface area contributed by atoms with Crippen LogP contribution >= 0.6 is 0 Å². The fraction of sp³-hybridized carbons (Fsp3) is 0.0417. The molecule has 0 spiro atoms. The van der Waals surface area contributed by atoms with Gasteiger partial charge in [-0.05, 0) is 35.9 Å². The minimum Gasteiger partial charge on any atom is -0.419 e. The number of fused-ring (bicyclic) bond motifs is 1. The lowest BCUT2D eigenvalue weighted by atomic mass is 10.1. The minimum absolute atomic E-state index is 0.0436. The summed E-state index contributed by atoms with van der Waals surface area (Å²) in [4.78, 5) is 29.9. The first-order valence-electron chi connectivity index (χ1n) is 9.86. The fourth-order valence-electron chi connectivity index (χ4n) is 3.34. The molecule has 0 unspecified atom stereocenters. The Morgan fingerprint density at radius 2 is 1.70 bits per heavy atom. The summed E-state index contributed by atoms with van der Waals surface area (Å²) in [5.41, 5.74) is 0.949. The number of ether oxygens (including phenoxy) is 1. The average Bonchev–Trinajstić information content (AvgIpc) is 2.85. The van der Waals surface area contributed by atoms with E-state index < -0.39 is 16.0 Å². The van der Waals surface area contributed by atoms with E-state index in [2.05, 4.69) is 4.98 Å². The number of carbonyl (C=O) groups is 2. The molecule has 0 fully saturated rings. The molecule has 0 atom stereocenters. The van der Waals surface area contributed by atoms with Crippen molar-refractivity contribution in [2.75, 3.05) is 11.9 Å². The van der Waals surface area contributed by atoms with Crippen LogP contribution in [0.25, 0.3) is 11.8 Å². The Bertz CT molecular complexity index is 1350. The van der Waals surface area contributed by atoms with Crippen molar-refractivity contribution in [3.05, 3.63) is 102 Å². The van der Waals surface area contributed by atoms with E-state index in [1.807, 2.05) is 30.3 Å². The Morgan fingerprint density at radius 3 is 2.39 bits per heavy atom. The lowest BCUT2D eigenvalue weighted by molar-refractivity contribution is -0.131. The topological polar surface area (TPSA) is 96.9 Å². The second-order valence-electron chi connectivity index (χ2n) is 6.95. The highest BCUT2D eigenvalue weighted by atomic mass is 32.2. The summed E-state index contributed by atoms with van der Waals surface area (Å²) in [5, 5.41) is 0. The Morgan fingerprint density at radius 1 is 1.00 bits per heavy atom. The van der Waals surface area contributed by atoms with Crippen LogP contribution in [0.5, 0.6) is 0 Å². The largest absolute Gasteiger partial charge is 0.419 e. The number of carbonyl (C=O) groups excluding carboxylic acids is 2. The molecule has 33 heavy (non-hydrogen) atoms. The van der Waals surface area contributed by atoms with Gasteiger partial charge in [0.25, 0.3) is 10.0 Å². The molecule has 2 heterocycles. The third-order valence-corrected chi connectivity index (χ3v) is 6.72. The molecule has 1 aromatic heterocycles. The van der Waals surface area contributed by atoms with Crippen LogP contribution < -0.4 is 4.90 Å². The van der Waals surface area contributed by atoms with Crippen molar-refractivity contribution < 1.29 is 22.7 Å². The Labute approximate surface area is 191 Å². The van der Waals surface area contributed by atoms with Crippen molar-refractivity contribution >= 4 is 40.1 Å². The summed E-state index contributed by atoms with van der Waals surface area (Å²) in [6.45, 7) is 0. The van der Waals surface area contributed by atoms with Gasteiger partial charge < -0.3 is 4.74 Å². The smallest absolute Gasteiger partial charge is 0.336 e. The SMILES string of the molecule is CN1C(N(C=O)c2ccccn2)=C(OC(=O)/C=C/c2ccccc2)c2ccccc2S1(=O)=O. The van der Waals surface area contributed by atoms with E-state index in [1.54, 1.807) is 30.3 Å². The number of rotatable bonds is 6. The van der Waals surface area contributed by atoms with Gasteiger partial charge in [0.15, 0.2) is 11.6 Å². The molecule has 0 radical (unpaired) electrons. The molecule has 0 saturated carbocycles. The quantitative estimate of drug-likeness (QED) is 0.318. The summed E-state index contributed by atoms with van der Waals surface area (Å²) in [6, 6.07) is 20.1. The van der Waals surface area contributed by atoms with Gasteiger partial charge in [-0.2, -0.15) is 0 Å². The van der Waals surface area contributed by atoms with Crippen molar-refractivity contribution in [1.82, 2.24) is 9.29 Å². The third kappa shape index (κ3) is 4.26. The molecule has 0 bridgehead atoms. The van der Waals surface area contributed by atoms with E-state index >= 15 is 0 Å². The van der Waals surface area contributed by atoms with Gasteiger partial charge in [0.1, 0.15) is 5.82 Å². The molecule has 1 aliphatic rings. The van der Waals surface area contributed by atoms with Crippen LogP contribution in [0.15, 0.2) is 95.8 Å². The zero-order valence-corrected chi connectivity index (χ0v) is 18.3. The minimum atomic E-state index is -4.02. The number of sulfonamides is 1. The third-order valence-electron chi connectivity index (χ3n) is 4.92. The molecule has 0 N–H and O–H groups in total. The molecule has 1 amide bonds. The van der Waals surface area contributed by atoms with Crippen LogP contribution in [-0.2, 0) is 24.3 Å². The molecular formula is C24H19N3O5S. The molecule has 9 heteroatoms. The Balaban J connectivity index is 1.85. The predicted octanol–water partition coefficient (Wildman–Crippen LogP) is 3.26. The first-order chi connectivity index (χ1) is 15.9. The number of amides is 1. The van der Waals surface area contributed by atoms with Crippen molar-refractivity contribution in [2.24, 2.45) is 0 Å². The molecule has 4 rings (SSSR count). The predicted molar refractivity (Wildman–Crippen MR) is 123 cm³/mol. The number of hydrogen-bond donors (Lipinski definition) is 0. The first kappa shape index (κ1) is 22.0. The van der Waals surface area contributed by atoms with Crippen molar-refractivity contribution in [2.45, 2.75) is 4.90 Å². The van der Waals surface area contributed by atoms with Crippen LogP contribution in [0.1, 0.15) is 11.1 Å². The lowest BCUT2D eigenvalue weighted by Gasteiger charge is -2.34. The molecule has 1 aliphatic heterocycles. The molecule has 3 aromatic rings. The molecule has 0 aliphatic carbocycles. The van der Waals surface area contributed by atoms with Gasteiger partial charge in [-0.1, -0.05) is 48.5 Å². The number of aromatic nitrogens is 1. The van der Waals surface area contributed by atoms with Gasteiger partial charge in [0.2, 0.25) is 6.41 Å². The van der Waals surface area contributed by atoms with E-state index in [1.165, 1.54) is 37.5 Å².